The van der Waals surface area contributed by atoms with Gasteiger partial charge in [-0.2, -0.15) is 0 Å². The van der Waals surface area contributed by atoms with Crippen molar-refractivity contribution in [3.63, 3.8) is 0 Å². The highest BCUT2D eigenvalue weighted by atomic mass is 35.5. The lowest BCUT2D eigenvalue weighted by Crippen LogP contribution is -2.33. The number of rotatable bonds is 5. The van der Waals surface area contributed by atoms with E-state index >= 15 is 0 Å². The van der Waals surface area contributed by atoms with E-state index in [1.807, 2.05) is 13.0 Å². The summed E-state index contributed by atoms with van der Waals surface area (Å²) < 4.78 is 23.7. The first kappa shape index (κ1) is 16.1. The van der Waals surface area contributed by atoms with Gasteiger partial charge in [-0.1, -0.05) is 36.2 Å². The van der Waals surface area contributed by atoms with E-state index in [9.17, 15) is 8.42 Å². The first-order valence-electron chi connectivity index (χ1n) is 6.84. The van der Waals surface area contributed by atoms with Crippen LogP contribution >= 0.6 is 23.2 Å². The van der Waals surface area contributed by atoms with Crippen molar-refractivity contribution in [1.82, 2.24) is 5.32 Å². The Balaban J connectivity index is 2.06. The van der Waals surface area contributed by atoms with Crippen molar-refractivity contribution >= 4 is 33.0 Å². The third-order valence-electron chi connectivity index (χ3n) is 3.80. The molecule has 0 aromatic heterocycles. The Hall–Kier alpha value is -0.290. The molecule has 1 saturated heterocycles. The van der Waals surface area contributed by atoms with E-state index < -0.39 is 9.84 Å². The summed E-state index contributed by atoms with van der Waals surface area (Å²) in [5, 5.41) is 4.30. The van der Waals surface area contributed by atoms with Crippen molar-refractivity contribution < 1.29 is 8.42 Å². The van der Waals surface area contributed by atoms with Crippen LogP contribution in [0.3, 0.4) is 0 Å². The molecule has 1 aromatic rings. The van der Waals surface area contributed by atoms with E-state index in [4.69, 9.17) is 23.2 Å². The highest BCUT2D eigenvalue weighted by Crippen LogP contribution is 2.28. The van der Waals surface area contributed by atoms with Crippen molar-refractivity contribution in [2.75, 3.05) is 12.3 Å². The van der Waals surface area contributed by atoms with Crippen molar-refractivity contribution in [3.8, 4) is 0 Å². The van der Waals surface area contributed by atoms with Gasteiger partial charge in [-0.25, -0.2) is 8.42 Å². The predicted octanol–water partition coefficient (Wildman–Crippen LogP) is 3.61. The van der Waals surface area contributed by atoms with Gasteiger partial charge in [-0.15, -0.1) is 0 Å². The lowest BCUT2D eigenvalue weighted by atomic mass is 10.0. The number of benzene rings is 1. The SMILES string of the molecule is CCC(NCC1CCCS1(=O)=O)c1ccc(Cl)cc1Cl. The van der Waals surface area contributed by atoms with E-state index in [0.717, 1.165) is 24.8 Å². The number of hydrogen-bond acceptors (Lipinski definition) is 3. The Bertz CT molecular complexity index is 575. The van der Waals surface area contributed by atoms with E-state index in [1.54, 1.807) is 12.1 Å². The molecule has 1 aliphatic heterocycles. The van der Waals surface area contributed by atoms with Crippen LogP contribution in [0.4, 0.5) is 0 Å². The maximum Gasteiger partial charge on any atom is 0.154 e. The Morgan fingerprint density at radius 2 is 2.15 bits per heavy atom. The molecule has 0 radical (unpaired) electrons. The topological polar surface area (TPSA) is 46.2 Å². The standard InChI is InChI=1S/C14H19Cl2NO2S/c1-2-14(12-6-5-10(15)8-13(12)16)17-9-11-4-3-7-20(11,18)19/h5-6,8,11,14,17H,2-4,7,9H2,1H3. The van der Waals surface area contributed by atoms with Crippen molar-refractivity contribution in [3.05, 3.63) is 33.8 Å². The molecule has 112 valence electrons. The maximum absolute atomic E-state index is 11.8. The molecular weight excluding hydrogens is 317 g/mol. The van der Waals surface area contributed by atoms with Gasteiger partial charge in [0.15, 0.2) is 9.84 Å². The first-order valence-corrected chi connectivity index (χ1v) is 9.31. The monoisotopic (exact) mass is 335 g/mol. The zero-order valence-electron chi connectivity index (χ0n) is 11.4. The summed E-state index contributed by atoms with van der Waals surface area (Å²) in [6.07, 6.45) is 2.36. The van der Waals surface area contributed by atoms with Gasteiger partial charge in [0.05, 0.1) is 11.0 Å². The molecule has 0 amide bonds. The summed E-state index contributed by atoms with van der Waals surface area (Å²) >= 11 is 12.1. The normalized spacial score (nSPS) is 22.9. The summed E-state index contributed by atoms with van der Waals surface area (Å²) in [4.78, 5) is 0. The quantitative estimate of drug-likeness (QED) is 0.893. The fourth-order valence-electron chi connectivity index (χ4n) is 2.62. The average molecular weight is 336 g/mol. The van der Waals surface area contributed by atoms with Gasteiger partial charge < -0.3 is 5.32 Å². The molecule has 1 fully saturated rings. The summed E-state index contributed by atoms with van der Waals surface area (Å²) in [5.41, 5.74) is 0.967. The molecule has 1 heterocycles. The van der Waals surface area contributed by atoms with Crippen LogP contribution in [-0.2, 0) is 9.84 Å². The number of hydrogen-bond donors (Lipinski definition) is 1. The molecule has 20 heavy (non-hydrogen) atoms. The van der Waals surface area contributed by atoms with Crippen LogP contribution in [0.1, 0.15) is 37.8 Å². The Kier molecular flexibility index (Phi) is 5.35. The van der Waals surface area contributed by atoms with Crippen LogP contribution < -0.4 is 5.32 Å². The minimum absolute atomic E-state index is 0.0515. The van der Waals surface area contributed by atoms with Gasteiger partial charge in [0.25, 0.3) is 0 Å². The minimum Gasteiger partial charge on any atom is -0.309 e. The Labute approximate surface area is 130 Å². The van der Waals surface area contributed by atoms with Crippen molar-refractivity contribution in [1.29, 1.82) is 0 Å². The molecule has 1 aromatic carbocycles. The van der Waals surface area contributed by atoms with Crippen LogP contribution in [0.5, 0.6) is 0 Å². The summed E-state index contributed by atoms with van der Waals surface area (Å²) in [5.74, 6) is 0.317. The summed E-state index contributed by atoms with van der Waals surface area (Å²) in [6, 6.07) is 5.47. The van der Waals surface area contributed by atoms with Gasteiger partial charge in [-0.05, 0) is 37.0 Å². The number of nitrogens with one attached hydrogen (secondary N) is 1. The van der Waals surface area contributed by atoms with Crippen LogP contribution in [0.2, 0.25) is 10.0 Å². The van der Waals surface area contributed by atoms with Crippen molar-refractivity contribution in [2.45, 2.75) is 37.5 Å². The van der Waals surface area contributed by atoms with Crippen LogP contribution in [-0.4, -0.2) is 26.0 Å². The molecule has 0 aliphatic carbocycles. The molecule has 1 aliphatic rings. The second-order valence-electron chi connectivity index (χ2n) is 5.17. The van der Waals surface area contributed by atoms with Gasteiger partial charge in [-0.3, -0.25) is 0 Å². The molecule has 6 heteroatoms. The largest absolute Gasteiger partial charge is 0.309 e. The first-order chi connectivity index (χ1) is 9.44. The molecule has 1 N–H and O–H groups in total. The van der Waals surface area contributed by atoms with Gasteiger partial charge in [0, 0.05) is 22.6 Å². The number of halogens is 2. The Morgan fingerprint density at radius 1 is 1.40 bits per heavy atom. The lowest BCUT2D eigenvalue weighted by Gasteiger charge is -2.21. The van der Waals surface area contributed by atoms with Crippen LogP contribution in [0, 0.1) is 0 Å². The third kappa shape index (κ3) is 3.67. The number of sulfone groups is 1. The third-order valence-corrected chi connectivity index (χ3v) is 6.64. The maximum atomic E-state index is 11.8. The van der Waals surface area contributed by atoms with Crippen molar-refractivity contribution in [2.24, 2.45) is 0 Å². The van der Waals surface area contributed by atoms with E-state index in [1.165, 1.54) is 0 Å². The summed E-state index contributed by atoms with van der Waals surface area (Å²) in [6.45, 7) is 2.53. The molecule has 2 atom stereocenters. The van der Waals surface area contributed by atoms with Crippen LogP contribution in [0.25, 0.3) is 0 Å². The second-order valence-corrected chi connectivity index (χ2v) is 8.41. The zero-order chi connectivity index (χ0) is 14.8. The second kappa shape index (κ2) is 6.65. The van der Waals surface area contributed by atoms with Gasteiger partial charge in [0.2, 0.25) is 0 Å². The molecule has 2 rings (SSSR count). The van der Waals surface area contributed by atoms with E-state index in [0.29, 0.717) is 22.3 Å². The lowest BCUT2D eigenvalue weighted by molar-refractivity contribution is 0.502. The van der Waals surface area contributed by atoms with Gasteiger partial charge in [0.1, 0.15) is 0 Å². The Morgan fingerprint density at radius 3 is 2.70 bits per heavy atom. The fourth-order valence-corrected chi connectivity index (χ4v) is 4.94. The highest BCUT2D eigenvalue weighted by Gasteiger charge is 2.31. The zero-order valence-corrected chi connectivity index (χ0v) is 13.7. The molecule has 3 nitrogen and oxygen atoms in total. The predicted molar refractivity (Wildman–Crippen MR) is 84.3 cm³/mol. The molecule has 0 spiro atoms. The molecule has 2 unspecified atom stereocenters. The summed E-state index contributed by atoms with van der Waals surface area (Å²) in [7, 11) is -2.91. The molecule has 0 bridgehead atoms. The average Bonchev–Trinajstić information content (AvgIpc) is 2.71. The molecule has 0 saturated carbocycles. The smallest absolute Gasteiger partial charge is 0.154 e. The highest BCUT2D eigenvalue weighted by molar-refractivity contribution is 7.92. The van der Waals surface area contributed by atoms with Crippen LogP contribution in [0.15, 0.2) is 18.2 Å². The van der Waals surface area contributed by atoms with E-state index in [-0.39, 0.29) is 11.3 Å². The van der Waals surface area contributed by atoms with Gasteiger partial charge >= 0.3 is 0 Å². The fraction of sp³-hybridized carbons (Fsp3) is 0.571. The molecular formula is C14H19Cl2NO2S. The minimum atomic E-state index is -2.91. The van der Waals surface area contributed by atoms with E-state index in [2.05, 4.69) is 5.32 Å².